The van der Waals surface area contributed by atoms with Crippen molar-refractivity contribution in [2.45, 2.75) is 26.3 Å². The number of halogens is 1. The number of nitrogens with one attached hydrogen (secondary N) is 2. The fraction of sp³-hybridized carbons (Fsp3) is 0.308. The fourth-order valence-electron chi connectivity index (χ4n) is 1.99. The van der Waals surface area contributed by atoms with Crippen LogP contribution in [0.2, 0.25) is 0 Å². The zero-order chi connectivity index (χ0) is 14.7. The minimum absolute atomic E-state index is 0.0677. The first-order chi connectivity index (χ1) is 9.45. The second-order valence-electron chi connectivity index (χ2n) is 4.71. The van der Waals surface area contributed by atoms with Crippen LogP contribution >= 0.6 is 0 Å². The summed E-state index contributed by atoms with van der Waals surface area (Å²) in [5.74, 6) is -0.627. The number of aromatic nitrogens is 2. The summed E-state index contributed by atoms with van der Waals surface area (Å²) in [6, 6.07) is 5.33. The van der Waals surface area contributed by atoms with Crippen molar-refractivity contribution in [2.75, 3.05) is 5.32 Å². The molecule has 0 fully saturated rings. The van der Waals surface area contributed by atoms with Gasteiger partial charge < -0.3 is 5.32 Å². The van der Waals surface area contributed by atoms with E-state index in [-0.39, 0.29) is 11.7 Å². The normalized spacial score (nSPS) is 12.2. The van der Waals surface area contributed by atoms with Gasteiger partial charge in [0.15, 0.2) is 0 Å². The highest BCUT2D eigenvalue weighted by Gasteiger charge is 2.17. The van der Waals surface area contributed by atoms with Crippen molar-refractivity contribution in [3.63, 3.8) is 0 Å². The molecule has 0 amide bonds. The lowest BCUT2D eigenvalue weighted by atomic mass is 10.1. The van der Waals surface area contributed by atoms with Crippen LogP contribution in [0.3, 0.4) is 0 Å². The number of benzene rings is 1. The van der Waals surface area contributed by atoms with Gasteiger partial charge in [-0.15, -0.1) is 0 Å². The molecule has 0 aliphatic carbocycles. The Labute approximate surface area is 115 Å². The maximum absolute atomic E-state index is 13.0. The Kier molecular flexibility index (Phi) is 3.97. The van der Waals surface area contributed by atoms with Crippen LogP contribution in [0.25, 0.3) is 0 Å². The summed E-state index contributed by atoms with van der Waals surface area (Å²) in [5, 5.41) is 20.9. The summed E-state index contributed by atoms with van der Waals surface area (Å²) in [4.78, 5) is 10.3. The Hall–Kier alpha value is -2.44. The largest absolute Gasteiger partial charge is 0.377 e. The quantitative estimate of drug-likeness (QED) is 0.650. The molecule has 1 aromatic heterocycles. The molecule has 0 radical (unpaired) electrons. The first-order valence-corrected chi connectivity index (χ1v) is 6.17. The minimum Gasteiger partial charge on any atom is -0.377 e. The smallest absolute Gasteiger partial charge is 0.295 e. The third-order valence-electron chi connectivity index (χ3n) is 2.83. The van der Waals surface area contributed by atoms with Crippen LogP contribution in [-0.4, -0.2) is 21.2 Å². The SMILES string of the molecule is Cc1cc(CC(C)Nc2ccc(F)cc2[N+](=O)[O-])n[nH]1. The van der Waals surface area contributed by atoms with Gasteiger partial charge in [-0.2, -0.15) is 5.10 Å². The molecule has 0 aliphatic heterocycles. The fourth-order valence-corrected chi connectivity index (χ4v) is 1.99. The van der Waals surface area contributed by atoms with E-state index in [4.69, 9.17) is 0 Å². The van der Waals surface area contributed by atoms with Crippen LogP contribution in [0.4, 0.5) is 15.8 Å². The van der Waals surface area contributed by atoms with Crippen LogP contribution < -0.4 is 5.32 Å². The first-order valence-electron chi connectivity index (χ1n) is 6.17. The molecule has 0 spiro atoms. The third kappa shape index (κ3) is 3.31. The van der Waals surface area contributed by atoms with Crippen molar-refractivity contribution in [1.29, 1.82) is 0 Å². The summed E-state index contributed by atoms with van der Waals surface area (Å²) < 4.78 is 13.0. The van der Waals surface area contributed by atoms with Crippen molar-refractivity contribution in [2.24, 2.45) is 0 Å². The molecule has 2 N–H and O–H groups in total. The topological polar surface area (TPSA) is 83.8 Å². The highest BCUT2D eigenvalue weighted by molar-refractivity contribution is 5.61. The predicted octanol–water partition coefficient (Wildman–Crippen LogP) is 2.81. The highest BCUT2D eigenvalue weighted by atomic mass is 19.1. The van der Waals surface area contributed by atoms with Crippen LogP contribution in [0, 0.1) is 22.9 Å². The Morgan fingerprint density at radius 3 is 2.85 bits per heavy atom. The van der Waals surface area contributed by atoms with Gasteiger partial charge in [-0.1, -0.05) is 0 Å². The van der Waals surface area contributed by atoms with Crippen LogP contribution in [0.5, 0.6) is 0 Å². The molecular weight excluding hydrogens is 263 g/mol. The van der Waals surface area contributed by atoms with E-state index in [1.54, 1.807) is 0 Å². The summed E-state index contributed by atoms with van der Waals surface area (Å²) in [6.45, 7) is 3.79. The molecule has 1 atom stereocenters. The predicted molar refractivity (Wildman–Crippen MR) is 73.2 cm³/mol. The van der Waals surface area contributed by atoms with E-state index in [1.807, 2.05) is 19.9 Å². The van der Waals surface area contributed by atoms with E-state index < -0.39 is 10.7 Å². The third-order valence-corrected chi connectivity index (χ3v) is 2.83. The summed E-state index contributed by atoms with van der Waals surface area (Å²) in [7, 11) is 0. The van der Waals surface area contributed by atoms with E-state index in [0.29, 0.717) is 12.1 Å². The highest BCUT2D eigenvalue weighted by Crippen LogP contribution is 2.26. The maximum Gasteiger partial charge on any atom is 0.295 e. The van der Waals surface area contributed by atoms with E-state index in [9.17, 15) is 14.5 Å². The molecule has 2 rings (SSSR count). The maximum atomic E-state index is 13.0. The molecule has 1 heterocycles. The average molecular weight is 278 g/mol. The van der Waals surface area contributed by atoms with Crippen molar-refractivity contribution < 1.29 is 9.31 Å². The van der Waals surface area contributed by atoms with Crippen LogP contribution in [-0.2, 0) is 6.42 Å². The van der Waals surface area contributed by atoms with Gasteiger partial charge in [-0.25, -0.2) is 4.39 Å². The number of nitrogens with zero attached hydrogens (tertiary/aromatic N) is 2. The van der Waals surface area contributed by atoms with Gasteiger partial charge in [-0.05, 0) is 32.0 Å². The summed E-state index contributed by atoms with van der Waals surface area (Å²) in [5.41, 5.74) is 1.86. The number of hydrogen-bond acceptors (Lipinski definition) is 4. The first kappa shape index (κ1) is 14.0. The number of nitro groups is 1. The second kappa shape index (κ2) is 5.68. The van der Waals surface area contributed by atoms with E-state index in [0.717, 1.165) is 17.5 Å². The van der Waals surface area contributed by atoms with E-state index in [1.165, 1.54) is 12.1 Å². The lowest BCUT2D eigenvalue weighted by Gasteiger charge is -2.14. The van der Waals surface area contributed by atoms with Gasteiger partial charge in [0, 0.05) is 18.2 Å². The monoisotopic (exact) mass is 278 g/mol. The molecular formula is C13H15FN4O2. The zero-order valence-electron chi connectivity index (χ0n) is 11.2. The number of aryl methyl sites for hydroxylation is 1. The Morgan fingerprint density at radius 1 is 1.50 bits per heavy atom. The van der Waals surface area contributed by atoms with Crippen molar-refractivity contribution in [3.05, 3.63) is 51.6 Å². The summed E-state index contributed by atoms with van der Waals surface area (Å²) in [6.07, 6.45) is 0.610. The van der Waals surface area contributed by atoms with E-state index >= 15 is 0 Å². The number of anilines is 1. The zero-order valence-corrected chi connectivity index (χ0v) is 11.2. The lowest BCUT2D eigenvalue weighted by Crippen LogP contribution is -2.19. The van der Waals surface area contributed by atoms with Crippen molar-refractivity contribution in [1.82, 2.24) is 10.2 Å². The Bertz CT molecular complexity index is 627. The molecule has 20 heavy (non-hydrogen) atoms. The Morgan fingerprint density at radius 2 is 2.25 bits per heavy atom. The van der Waals surface area contributed by atoms with Crippen molar-refractivity contribution in [3.8, 4) is 0 Å². The molecule has 0 bridgehead atoms. The van der Waals surface area contributed by atoms with Crippen molar-refractivity contribution >= 4 is 11.4 Å². The van der Waals surface area contributed by atoms with Crippen LogP contribution in [0.1, 0.15) is 18.3 Å². The van der Waals surface area contributed by atoms with E-state index in [2.05, 4.69) is 15.5 Å². The molecule has 6 nitrogen and oxygen atoms in total. The van der Waals surface area contributed by atoms with Gasteiger partial charge in [-0.3, -0.25) is 15.2 Å². The molecule has 0 aliphatic rings. The van der Waals surface area contributed by atoms with Gasteiger partial charge in [0.2, 0.25) is 0 Å². The molecule has 7 heteroatoms. The standard InChI is InChI=1S/C13H15FN4O2/c1-8(5-11-6-9(2)16-17-11)15-12-4-3-10(14)7-13(12)18(19)20/h3-4,6-8,15H,5H2,1-2H3,(H,16,17). The molecule has 1 aromatic carbocycles. The average Bonchev–Trinajstić information content (AvgIpc) is 2.76. The molecule has 2 aromatic rings. The minimum atomic E-state index is -0.627. The number of hydrogen-bond donors (Lipinski definition) is 2. The molecule has 0 saturated heterocycles. The van der Waals surface area contributed by atoms with Gasteiger partial charge in [0.25, 0.3) is 5.69 Å². The van der Waals surface area contributed by atoms with Gasteiger partial charge >= 0.3 is 0 Å². The van der Waals surface area contributed by atoms with Gasteiger partial charge in [0.05, 0.1) is 16.7 Å². The molecule has 106 valence electrons. The number of aromatic amines is 1. The molecule has 1 unspecified atom stereocenters. The number of rotatable bonds is 5. The number of nitro benzene ring substituents is 1. The number of H-pyrrole nitrogens is 1. The molecule has 0 saturated carbocycles. The Balaban J connectivity index is 2.11. The summed E-state index contributed by atoms with van der Waals surface area (Å²) >= 11 is 0. The second-order valence-corrected chi connectivity index (χ2v) is 4.71. The van der Waals surface area contributed by atoms with Crippen LogP contribution in [0.15, 0.2) is 24.3 Å². The lowest BCUT2D eigenvalue weighted by molar-refractivity contribution is -0.384. The van der Waals surface area contributed by atoms with Gasteiger partial charge in [0.1, 0.15) is 11.5 Å².